The van der Waals surface area contributed by atoms with Gasteiger partial charge in [-0.05, 0) is 34.7 Å². The highest BCUT2D eigenvalue weighted by molar-refractivity contribution is 9.10. The second-order valence-corrected chi connectivity index (χ2v) is 5.30. The summed E-state index contributed by atoms with van der Waals surface area (Å²) in [6, 6.07) is 1.94. The van der Waals surface area contributed by atoms with E-state index in [9.17, 15) is 0 Å². The number of anilines is 1. The Bertz CT molecular complexity index is 348. The van der Waals surface area contributed by atoms with E-state index in [0.29, 0.717) is 11.8 Å². The standard InChI is InChI=1S/C11H16BrN3/c1-7(2)6-13-10-5-9(12)14-11(15-10)8-3-4-8/h5,7-8H,3-4,6H2,1-2H3,(H,13,14,15). The predicted octanol–water partition coefficient (Wildman–Crippen LogP) is 3.18. The molecule has 0 aromatic carbocycles. The molecule has 4 heteroatoms. The molecule has 0 aliphatic heterocycles. The molecule has 1 N–H and O–H groups in total. The van der Waals surface area contributed by atoms with Crippen LogP contribution in [0.1, 0.15) is 38.4 Å². The lowest BCUT2D eigenvalue weighted by atomic mass is 10.2. The molecule has 15 heavy (non-hydrogen) atoms. The number of hydrogen-bond acceptors (Lipinski definition) is 3. The van der Waals surface area contributed by atoms with Crippen molar-refractivity contribution in [2.45, 2.75) is 32.6 Å². The molecule has 3 nitrogen and oxygen atoms in total. The number of nitrogens with one attached hydrogen (secondary N) is 1. The molecule has 0 amide bonds. The topological polar surface area (TPSA) is 37.8 Å². The molecule has 1 aliphatic rings. The van der Waals surface area contributed by atoms with Gasteiger partial charge >= 0.3 is 0 Å². The first-order chi connectivity index (χ1) is 7.15. The van der Waals surface area contributed by atoms with Crippen molar-refractivity contribution >= 4 is 21.7 Å². The second kappa shape index (κ2) is 4.47. The minimum absolute atomic E-state index is 0.599. The van der Waals surface area contributed by atoms with Crippen molar-refractivity contribution in [3.8, 4) is 0 Å². The first-order valence-electron chi connectivity index (χ1n) is 5.43. The van der Waals surface area contributed by atoms with Gasteiger partial charge in [0, 0.05) is 18.5 Å². The third-order valence-electron chi connectivity index (χ3n) is 2.35. The summed E-state index contributed by atoms with van der Waals surface area (Å²) in [5.74, 6) is 3.15. The molecule has 1 heterocycles. The van der Waals surface area contributed by atoms with Gasteiger partial charge in [0.1, 0.15) is 16.2 Å². The molecule has 1 aromatic heterocycles. The highest BCUT2D eigenvalue weighted by Crippen LogP contribution is 2.38. The van der Waals surface area contributed by atoms with Crippen LogP contribution in [-0.4, -0.2) is 16.5 Å². The van der Waals surface area contributed by atoms with E-state index in [4.69, 9.17) is 0 Å². The van der Waals surface area contributed by atoms with Crippen LogP contribution in [0.25, 0.3) is 0 Å². The van der Waals surface area contributed by atoms with Crippen molar-refractivity contribution in [2.75, 3.05) is 11.9 Å². The molecule has 1 aromatic rings. The molecule has 1 aliphatic carbocycles. The lowest BCUT2D eigenvalue weighted by Gasteiger charge is -2.09. The zero-order chi connectivity index (χ0) is 10.8. The summed E-state index contributed by atoms with van der Waals surface area (Å²) in [6.45, 7) is 5.32. The van der Waals surface area contributed by atoms with Crippen LogP contribution in [0.2, 0.25) is 0 Å². The molecular formula is C11H16BrN3. The van der Waals surface area contributed by atoms with E-state index in [1.807, 2.05) is 6.07 Å². The van der Waals surface area contributed by atoms with E-state index in [2.05, 4.69) is 45.1 Å². The molecule has 1 saturated carbocycles. The van der Waals surface area contributed by atoms with Gasteiger partial charge in [-0.15, -0.1) is 0 Å². The molecule has 0 radical (unpaired) electrons. The molecule has 0 atom stereocenters. The summed E-state index contributed by atoms with van der Waals surface area (Å²) >= 11 is 3.42. The van der Waals surface area contributed by atoms with Gasteiger partial charge in [-0.3, -0.25) is 0 Å². The molecule has 0 spiro atoms. The zero-order valence-electron chi connectivity index (χ0n) is 9.13. The van der Waals surface area contributed by atoms with Crippen LogP contribution in [0.3, 0.4) is 0 Å². The quantitative estimate of drug-likeness (QED) is 0.854. The van der Waals surface area contributed by atoms with E-state index in [1.54, 1.807) is 0 Å². The van der Waals surface area contributed by atoms with Gasteiger partial charge in [-0.2, -0.15) is 0 Å². The Morgan fingerprint density at radius 2 is 2.20 bits per heavy atom. The summed E-state index contributed by atoms with van der Waals surface area (Å²) in [6.07, 6.45) is 2.47. The molecular weight excluding hydrogens is 254 g/mol. The van der Waals surface area contributed by atoms with Gasteiger partial charge in [0.2, 0.25) is 0 Å². The minimum atomic E-state index is 0.599. The van der Waals surface area contributed by atoms with Crippen LogP contribution < -0.4 is 5.32 Å². The van der Waals surface area contributed by atoms with Crippen molar-refractivity contribution in [1.82, 2.24) is 9.97 Å². The predicted molar refractivity (Wildman–Crippen MR) is 65.0 cm³/mol. The van der Waals surface area contributed by atoms with Gasteiger partial charge < -0.3 is 5.32 Å². The zero-order valence-corrected chi connectivity index (χ0v) is 10.7. The Labute approximate surface area is 98.8 Å². The van der Waals surface area contributed by atoms with Gasteiger partial charge in [-0.25, -0.2) is 9.97 Å². The fourth-order valence-electron chi connectivity index (χ4n) is 1.36. The normalized spacial score (nSPS) is 15.7. The highest BCUT2D eigenvalue weighted by Gasteiger charge is 2.27. The maximum absolute atomic E-state index is 4.52. The highest BCUT2D eigenvalue weighted by atomic mass is 79.9. The van der Waals surface area contributed by atoms with Gasteiger partial charge in [0.25, 0.3) is 0 Å². The van der Waals surface area contributed by atoms with E-state index in [-0.39, 0.29) is 0 Å². The van der Waals surface area contributed by atoms with Crippen LogP contribution in [0, 0.1) is 5.92 Å². The summed E-state index contributed by atoms with van der Waals surface area (Å²) < 4.78 is 0.880. The lowest BCUT2D eigenvalue weighted by molar-refractivity contribution is 0.686. The minimum Gasteiger partial charge on any atom is -0.370 e. The number of aromatic nitrogens is 2. The van der Waals surface area contributed by atoms with Crippen LogP contribution >= 0.6 is 15.9 Å². The van der Waals surface area contributed by atoms with Crippen LogP contribution in [0.15, 0.2) is 10.7 Å². The van der Waals surface area contributed by atoms with E-state index in [0.717, 1.165) is 22.8 Å². The number of nitrogens with zero attached hydrogens (tertiary/aromatic N) is 2. The Morgan fingerprint density at radius 1 is 1.47 bits per heavy atom. The van der Waals surface area contributed by atoms with Crippen LogP contribution in [0.4, 0.5) is 5.82 Å². The molecule has 1 fully saturated rings. The third kappa shape index (κ3) is 3.16. The number of rotatable bonds is 4. The monoisotopic (exact) mass is 269 g/mol. The van der Waals surface area contributed by atoms with Crippen molar-refractivity contribution < 1.29 is 0 Å². The maximum atomic E-state index is 4.52. The Morgan fingerprint density at radius 3 is 2.80 bits per heavy atom. The van der Waals surface area contributed by atoms with E-state index >= 15 is 0 Å². The average Bonchev–Trinajstić information content (AvgIpc) is 2.97. The fraction of sp³-hybridized carbons (Fsp3) is 0.636. The second-order valence-electron chi connectivity index (χ2n) is 4.48. The average molecular weight is 270 g/mol. The van der Waals surface area contributed by atoms with Crippen molar-refractivity contribution in [1.29, 1.82) is 0 Å². The number of halogens is 1. The van der Waals surface area contributed by atoms with Gasteiger partial charge in [0.05, 0.1) is 0 Å². The van der Waals surface area contributed by atoms with Gasteiger partial charge in [0.15, 0.2) is 0 Å². The van der Waals surface area contributed by atoms with Crippen molar-refractivity contribution in [3.05, 3.63) is 16.5 Å². The molecule has 0 saturated heterocycles. The Kier molecular flexibility index (Phi) is 3.24. The van der Waals surface area contributed by atoms with Crippen LogP contribution in [-0.2, 0) is 0 Å². The SMILES string of the molecule is CC(C)CNc1cc(Br)nc(C2CC2)n1. The lowest BCUT2D eigenvalue weighted by Crippen LogP contribution is -2.10. The molecule has 0 unspecified atom stereocenters. The Hall–Kier alpha value is -0.640. The maximum Gasteiger partial charge on any atom is 0.135 e. The fourth-order valence-corrected chi connectivity index (χ4v) is 1.76. The third-order valence-corrected chi connectivity index (χ3v) is 2.75. The summed E-state index contributed by atoms with van der Waals surface area (Å²) in [5, 5.41) is 3.33. The van der Waals surface area contributed by atoms with Crippen molar-refractivity contribution in [2.24, 2.45) is 5.92 Å². The summed E-state index contributed by atoms with van der Waals surface area (Å²) in [7, 11) is 0. The molecule has 0 bridgehead atoms. The van der Waals surface area contributed by atoms with E-state index in [1.165, 1.54) is 12.8 Å². The summed E-state index contributed by atoms with van der Waals surface area (Å²) in [4.78, 5) is 8.90. The first kappa shape index (κ1) is 10.9. The number of hydrogen-bond donors (Lipinski definition) is 1. The first-order valence-corrected chi connectivity index (χ1v) is 6.23. The van der Waals surface area contributed by atoms with Gasteiger partial charge in [-0.1, -0.05) is 13.8 Å². The smallest absolute Gasteiger partial charge is 0.135 e. The Balaban J connectivity index is 2.09. The molecule has 2 rings (SSSR count). The van der Waals surface area contributed by atoms with E-state index < -0.39 is 0 Å². The van der Waals surface area contributed by atoms with Crippen molar-refractivity contribution in [3.63, 3.8) is 0 Å². The van der Waals surface area contributed by atoms with Crippen LogP contribution in [0.5, 0.6) is 0 Å². The largest absolute Gasteiger partial charge is 0.370 e. The molecule has 82 valence electrons. The summed E-state index contributed by atoms with van der Waals surface area (Å²) in [5.41, 5.74) is 0.